The molecule has 0 fully saturated rings. The van der Waals surface area contributed by atoms with E-state index >= 15 is 0 Å². The smallest absolute Gasteiger partial charge is 0.262 e. The van der Waals surface area contributed by atoms with Crippen LogP contribution in [0.4, 0.5) is 5.95 Å². The molecule has 0 spiro atoms. The molecule has 1 aliphatic rings. The number of anilines is 1. The molecule has 1 unspecified atom stereocenters. The molecule has 1 N–H and O–H groups in total. The van der Waals surface area contributed by atoms with Gasteiger partial charge in [0, 0.05) is 6.54 Å². The lowest BCUT2D eigenvalue weighted by Gasteiger charge is -2.25. The van der Waals surface area contributed by atoms with E-state index in [2.05, 4.69) is 10.3 Å². The maximum Gasteiger partial charge on any atom is 0.262 e. The Morgan fingerprint density at radius 2 is 1.70 bits per heavy atom. The molecule has 8 heteroatoms. The number of nitrogens with zero attached hydrogens (tertiary/aromatic N) is 3. The van der Waals surface area contributed by atoms with Crippen LogP contribution in [0.2, 0.25) is 0 Å². The van der Waals surface area contributed by atoms with Crippen molar-refractivity contribution in [3.63, 3.8) is 0 Å². The Bertz CT molecular complexity index is 1110. The van der Waals surface area contributed by atoms with E-state index in [-0.39, 0.29) is 0 Å². The highest BCUT2D eigenvalue weighted by molar-refractivity contribution is 7.98. The molecule has 3 aromatic rings. The Morgan fingerprint density at radius 3 is 2.33 bits per heavy atom. The van der Waals surface area contributed by atoms with E-state index in [1.807, 2.05) is 42.0 Å². The first-order valence-corrected chi connectivity index (χ1v) is 11.2. The lowest BCUT2D eigenvalue weighted by Crippen LogP contribution is -2.47. The lowest BCUT2D eigenvalue weighted by atomic mass is 10.1. The second-order valence-electron chi connectivity index (χ2n) is 6.98. The van der Waals surface area contributed by atoms with Gasteiger partial charge in [0.05, 0.1) is 22.2 Å². The summed E-state index contributed by atoms with van der Waals surface area (Å²) in [6.07, 6.45) is 2.29. The average molecular weight is 423 g/mol. The van der Waals surface area contributed by atoms with Gasteiger partial charge in [-0.1, -0.05) is 24.3 Å². The van der Waals surface area contributed by atoms with Crippen molar-refractivity contribution in [2.75, 3.05) is 17.3 Å². The van der Waals surface area contributed by atoms with Gasteiger partial charge in [-0.3, -0.25) is 24.6 Å². The van der Waals surface area contributed by atoms with Gasteiger partial charge in [-0.15, -0.1) is 0 Å². The minimum Gasteiger partial charge on any atom is -0.310 e. The van der Waals surface area contributed by atoms with Crippen molar-refractivity contribution in [1.29, 1.82) is 0 Å². The number of hydrogen-bond acceptors (Lipinski definition) is 5. The number of imide groups is 1. The Hall–Kier alpha value is -3.13. The summed E-state index contributed by atoms with van der Waals surface area (Å²) in [6.45, 7) is 2.60. The Kier molecular flexibility index (Phi) is 5.59. The SMILES string of the molecule is CCn1c(NC(=O)C(CCSC)N2C(=O)c3ccccc3C2=O)nc2ccccc21. The number of carbonyl (C=O) groups is 3. The van der Waals surface area contributed by atoms with Crippen LogP contribution in [0.3, 0.4) is 0 Å². The Labute approximate surface area is 178 Å². The summed E-state index contributed by atoms with van der Waals surface area (Å²) in [4.78, 5) is 44.8. The maximum atomic E-state index is 13.3. The first kappa shape index (κ1) is 20.2. The average Bonchev–Trinajstić information content (AvgIpc) is 3.23. The summed E-state index contributed by atoms with van der Waals surface area (Å²) < 4.78 is 1.90. The quantitative estimate of drug-likeness (QED) is 0.590. The molecular weight excluding hydrogens is 400 g/mol. The topological polar surface area (TPSA) is 84.3 Å². The highest BCUT2D eigenvalue weighted by Gasteiger charge is 2.42. The van der Waals surface area contributed by atoms with Crippen LogP contribution in [0, 0.1) is 0 Å². The van der Waals surface area contributed by atoms with Gasteiger partial charge < -0.3 is 4.57 Å². The zero-order valence-corrected chi connectivity index (χ0v) is 17.6. The molecule has 4 rings (SSSR count). The van der Waals surface area contributed by atoms with Gasteiger partial charge in [0.15, 0.2) is 0 Å². The fourth-order valence-electron chi connectivity index (χ4n) is 3.78. The molecule has 0 aliphatic carbocycles. The summed E-state index contributed by atoms with van der Waals surface area (Å²) >= 11 is 1.56. The molecule has 0 bridgehead atoms. The molecule has 0 radical (unpaired) electrons. The second-order valence-corrected chi connectivity index (χ2v) is 7.97. The number of amides is 3. The number of fused-ring (bicyclic) bond motifs is 2. The molecule has 7 nitrogen and oxygen atoms in total. The Morgan fingerprint density at radius 1 is 1.07 bits per heavy atom. The molecule has 2 heterocycles. The number of imidazole rings is 1. The molecule has 0 saturated carbocycles. The van der Waals surface area contributed by atoms with Gasteiger partial charge in [0.2, 0.25) is 11.9 Å². The number of thioether (sulfide) groups is 1. The van der Waals surface area contributed by atoms with Gasteiger partial charge in [0.1, 0.15) is 6.04 Å². The normalized spacial score (nSPS) is 14.3. The molecule has 2 aromatic carbocycles. The van der Waals surface area contributed by atoms with E-state index in [9.17, 15) is 14.4 Å². The summed E-state index contributed by atoms with van der Waals surface area (Å²) in [6, 6.07) is 13.4. The van der Waals surface area contributed by atoms with Gasteiger partial charge in [-0.2, -0.15) is 11.8 Å². The number of rotatable bonds is 7. The summed E-state index contributed by atoms with van der Waals surface area (Å²) in [7, 11) is 0. The van der Waals surface area contributed by atoms with Gasteiger partial charge >= 0.3 is 0 Å². The third kappa shape index (κ3) is 3.37. The van der Waals surface area contributed by atoms with Crippen molar-refractivity contribution in [3.05, 3.63) is 59.7 Å². The maximum absolute atomic E-state index is 13.3. The van der Waals surface area contributed by atoms with Crippen LogP contribution in [-0.4, -0.2) is 50.2 Å². The van der Waals surface area contributed by atoms with Crippen molar-refractivity contribution in [3.8, 4) is 0 Å². The van der Waals surface area contributed by atoms with Crippen LogP contribution in [0.25, 0.3) is 11.0 Å². The van der Waals surface area contributed by atoms with Gasteiger partial charge in [-0.05, 0) is 49.6 Å². The fraction of sp³-hybridized carbons (Fsp3) is 0.273. The third-order valence-corrected chi connectivity index (χ3v) is 5.88. The standard InChI is InChI=1S/C22H22N4O3S/c1-3-25-17-11-7-6-10-16(17)23-22(25)24-19(27)18(12-13-30-2)26-20(28)14-8-4-5-9-15(14)21(26)29/h4-11,18H,3,12-13H2,1-2H3,(H,23,24,27). The monoisotopic (exact) mass is 422 g/mol. The number of hydrogen-bond donors (Lipinski definition) is 1. The molecule has 30 heavy (non-hydrogen) atoms. The summed E-state index contributed by atoms with van der Waals surface area (Å²) in [5, 5.41) is 2.86. The predicted octanol–water partition coefficient (Wildman–Crippen LogP) is 3.41. The Balaban J connectivity index is 1.66. The van der Waals surface area contributed by atoms with Gasteiger partial charge in [0.25, 0.3) is 11.8 Å². The number of benzene rings is 2. The highest BCUT2D eigenvalue weighted by atomic mass is 32.2. The van der Waals surface area contributed by atoms with Crippen LogP contribution >= 0.6 is 11.8 Å². The van der Waals surface area contributed by atoms with Crippen molar-refractivity contribution in [2.45, 2.75) is 25.9 Å². The van der Waals surface area contributed by atoms with E-state index in [0.29, 0.717) is 35.8 Å². The minimum atomic E-state index is -0.907. The molecule has 3 amide bonds. The van der Waals surface area contributed by atoms with E-state index < -0.39 is 23.8 Å². The van der Waals surface area contributed by atoms with Crippen LogP contribution in [0.1, 0.15) is 34.1 Å². The fourth-order valence-corrected chi connectivity index (χ4v) is 4.24. The molecule has 154 valence electrons. The number of nitrogens with one attached hydrogen (secondary N) is 1. The van der Waals surface area contributed by atoms with E-state index in [1.54, 1.807) is 36.0 Å². The predicted molar refractivity (Wildman–Crippen MR) is 118 cm³/mol. The van der Waals surface area contributed by atoms with Crippen molar-refractivity contribution in [2.24, 2.45) is 0 Å². The molecular formula is C22H22N4O3S. The zero-order chi connectivity index (χ0) is 21.3. The highest BCUT2D eigenvalue weighted by Crippen LogP contribution is 2.27. The number of carbonyl (C=O) groups excluding carboxylic acids is 3. The van der Waals surface area contributed by atoms with Crippen LogP contribution in [-0.2, 0) is 11.3 Å². The number of aromatic nitrogens is 2. The second kappa shape index (κ2) is 8.31. The first-order chi connectivity index (χ1) is 14.6. The number of para-hydroxylation sites is 2. The molecule has 1 aliphatic heterocycles. The third-order valence-electron chi connectivity index (χ3n) is 5.24. The number of aryl methyl sites for hydroxylation is 1. The molecule has 1 atom stereocenters. The lowest BCUT2D eigenvalue weighted by molar-refractivity contribution is -0.120. The molecule has 0 saturated heterocycles. The first-order valence-electron chi connectivity index (χ1n) is 9.78. The minimum absolute atomic E-state index is 0.338. The summed E-state index contributed by atoms with van der Waals surface area (Å²) in [5.74, 6) is -0.227. The van der Waals surface area contributed by atoms with Crippen LogP contribution < -0.4 is 5.32 Å². The largest absolute Gasteiger partial charge is 0.310 e. The van der Waals surface area contributed by atoms with E-state index in [4.69, 9.17) is 0 Å². The van der Waals surface area contributed by atoms with Crippen molar-refractivity contribution >= 4 is 46.5 Å². The van der Waals surface area contributed by atoms with E-state index in [0.717, 1.165) is 15.9 Å². The summed E-state index contributed by atoms with van der Waals surface area (Å²) in [5.41, 5.74) is 2.36. The van der Waals surface area contributed by atoms with Gasteiger partial charge in [-0.25, -0.2) is 4.98 Å². The zero-order valence-electron chi connectivity index (χ0n) is 16.8. The van der Waals surface area contributed by atoms with Crippen LogP contribution in [0.5, 0.6) is 0 Å². The van der Waals surface area contributed by atoms with E-state index in [1.165, 1.54) is 0 Å². The van der Waals surface area contributed by atoms with Crippen molar-refractivity contribution in [1.82, 2.24) is 14.5 Å². The van der Waals surface area contributed by atoms with Crippen molar-refractivity contribution < 1.29 is 14.4 Å². The van der Waals surface area contributed by atoms with Crippen LogP contribution in [0.15, 0.2) is 48.5 Å². The molecule has 1 aromatic heterocycles.